The lowest BCUT2D eigenvalue weighted by atomic mass is 10.1. The summed E-state index contributed by atoms with van der Waals surface area (Å²) < 4.78 is 5.34. The molecule has 0 amide bonds. The molecule has 0 radical (unpaired) electrons. The zero-order valence-corrected chi connectivity index (χ0v) is 8.75. The number of hydrogen-bond donors (Lipinski definition) is 1. The van der Waals surface area contributed by atoms with Gasteiger partial charge in [0.25, 0.3) is 0 Å². The third kappa shape index (κ3) is 1.71. The highest BCUT2D eigenvalue weighted by Crippen LogP contribution is 2.26. The van der Waals surface area contributed by atoms with Crippen molar-refractivity contribution in [3.63, 3.8) is 0 Å². The van der Waals surface area contributed by atoms with Crippen LogP contribution in [0.25, 0.3) is 0 Å². The first kappa shape index (κ1) is 9.43. The van der Waals surface area contributed by atoms with Crippen molar-refractivity contribution in [2.75, 3.05) is 6.54 Å². The second-order valence-electron chi connectivity index (χ2n) is 3.13. The van der Waals surface area contributed by atoms with Crippen LogP contribution < -0.4 is 5.73 Å². The highest BCUT2D eigenvalue weighted by atomic mass is 32.1. The van der Waals surface area contributed by atoms with E-state index in [1.54, 1.807) is 17.6 Å². The van der Waals surface area contributed by atoms with Crippen LogP contribution in [-0.2, 0) is 0 Å². The summed E-state index contributed by atoms with van der Waals surface area (Å²) in [6.45, 7) is 2.51. The molecule has 0 aromatic carbocycles. The Labute approximate surface area is 86.6 Å². The van der Waals surface area contributed by atoms with Gasteiger partial charge in [0, 0.05) is 17.6 Å². The van der Waals surface area contributed by atoms with Crippen molar-refractivity contribution < 1.29 is 4.42 Å². The zero-order valence-electron chi connectivity index (χ0n) is 7.93. The van der Waals surface area contributed by atoms with Crippen molar-refractivity contribution in [3.05, 3.63) is 40.2 Å². The minimum absolute atomic E-state index is 0.101. The lowest BCUT2D eigenvalue weighted by molar-refractivity contribution is 0.487. The number of aromatic nitrogens is 1. The number of nitrogens with two attached hydrogens (primary N) is 1. The maximum absolute atomic E-state index is 5.71. The van der Waals surface area contributed by atoms with Gasteiger partial charge in [-0.2, -0.15) is 0 Å². The van der Waals surface area contributed by atoms with Crippen molar-refractivity contribution in [2.45, 2.75) is 12.8 Å². The highest BCUT2D eigenvalue weighted by Gasteiger charge is 2.17. The molecule has 14 heavy (non-hydrogen) atoms. The van der Waals surface area contributed by atoms with Gasteiger partial charge in [0.1, 0.15) is 10.8 Å². The summed E-state index contributed by atoms with van der Waals surface area (Å²) in [4.78, 5) is 4.42. The van der Waals surface area contributed by atoms with E-state index in [2.05, 4.69) is 4.98 Å². The van der Waals surface area contributed by atoms with Gasteiger partial charge in [0.15, 0.2) is 0 Å². The van der Waals surface area contributed by atoms with Crippen LogP contribution >= 0.6 is 11.3 Å². The third-order valence-electron chi connectivity index (χ3n) is 2.06. The van der Waals surface area contributed by atoms with Crippen LogP contribution in [0.4, 0.5) is 0 Å². The molecule has 0 aliphatic heterocycles. The Bertz CT molecular complexity index is 394. The van der Waals surface area contributed by atoms with Crippen molar-refractivity contribution >= 4 is 11.3 Å². The first-order valence-corrected chi connectivity index (χ1v) is 5.34. The number of aryl methyl sites for hydroxylation is 1. The Morgan fingerprint density at radius 3 is 3.00 bits per heavy atom. The first-order valence-electron chi connectivity index (χ1n) is 4.46. The van der Waals surface area contributed by atoms with Gasteiger partial charge in [0.05, 0.1) is 12.2 Å². The van der Waals surface area contributed by atoms with E-state index in [1.165, 1.54) is 0 Å². The molecule has 4 heteroatoms. The van der Waals surface area contributed by atoms with Gasteiger partial charge in [-0.1, -0.05) is 0 Å². The standard InChI is InChI=1S/C10H12N2OS/c1-7-6-14-10(12-7)8(5-11)9-3-2-4-13-9/h2-4,6,8H,5,11H2,1H3. The minimum Gasteiger partial charge on any atom is -0.469 e. The largest absolute Gasteiger partial charge is 0.469 e. The normalized spacial score (nSPS) is 13.0. The zero-order chi connectivity index (χ0) is 9.97. The molecule has 3 nitrogen and oxygen atoms in total. The predicted octanol–water partition coefficient (Wildman–Crippen LogP) is 2.14. The number of nitrogens with zero attached hydrogens (tertiary/aromatic N) is 1. The molecule has 74 valence electrons. The second-order valence-corrected chi connectivity index (χ2v) is 4.02. The van der Waals surface area contributed by atoms with Crippen LogP contribution in [0.1, 0.15) is 22.4 Å². The van der Waals surface area contributed by atoms with Crippen LogP contribution in [0, 0.1) is 6.92 Å². The summed E-state index contributed by atoms with van der Waals surface area (Å²) in [6.07, 6.45) is 1.67. The Kier molecular flexibility index (Phi) is 2.65. The SMILES string of the molecule is Cc1csc(C(CN)c2ccco2)n1. The summed E-state index contributed by atoms with van der Waals surface area (Å²) >= 11 is 1.63. The quantitative estimate of drug-likeness (QED) is 0.840. The molecule has 0 saturated carbocycles. The summed E-state index contributed by atoms with van der Waals surface area (Å²) in [5, 5.41) is 3.06. The summed E-state index contributed by atoms with van der Waals surface area (Å²) in [6, 6.07) is 3.81. The third-order valence-corrected chi connectivity index (χ3v) is 3.13. The van der Waals surface area contributed by atoms with Gasteiger partial charge in [-0.3, -0.25) is 0 Å². The van der Waals surface area contributed by atoms with E-state index in [1.807, 2.05) is 24.4 Å². The number of rotatable bonds is 3. The Hall–Kier alpha value is -1.13. The molecule has 2 heterocycles. The van der Waals surface area contributed by atoms with Crippen LogP contribution in [0.15, 0.2) is 28.2 Å². The molecular weight excluding hydrogens is 196 g/mol. The molecule has 0 saturated heterocycles. The lowest BCUT2D eigenvalue weighted by Gasteiger charge is -2.07. The Balaban J connectivity index is 2.31. The molecule has 2 aromatic heterocycles. The Morgan fingerprint density at radius 2 is 2.50 bits per heavy atom. The molecule has 2 rings (SSSR count). The molecule has 0 fully saturated rings. The van der Waals surface area contributed by atoms with Crippen LogP contribution in [0.5, 0.6) is 0 Å². The van der Waals surface area contributed by atoms with Gasteiger partial charge in [-0.15, -0.1) is 11.3 Å². The van der Waals surface area contributed by atoms with Gasteiger partial charge in [-0.05, 0) is 19.1 Å². The van der Waals surface area contributed by atoms with E-state index in [0.29, 0.717) is 6.54 Å². The fourth-order valence-corrected chi connectivity index (χ4v) is 2.28. The molecule has 0 aliphatic rings. The van der Waals surface area contributed by atoms with E-state index >= 15 is 0 Å². The molecule has 1 unspecified atom stereocenters. The summed E-state index contributed by atoms with van der Waals surface area (Å²) in [7, 11) is 0. The van der Waals surface area contributed by atoms with E-state index in [4.69, 9.17) is 10.2 Å². The topological polar surface area (TPSA) is 52.0 Å². The second kappa shape index (κ2) is 3.94. The van der Waals surface area contributed by atoms with Gasteiger partial charge in [0.2, 0.25) is 0 Å². The minimum atomic E-state index is 0.101. The molecule has 0 aliphatic carbocycles. The molecule has 2 N–H and O–H groups in total. The molecular formula is C10H12N2OS. The summed E-state index contributed by atoms with van der Waals surface area (Å²) in [5.41, 5.74) is 6.75. The fraction of sp³-hybridized carbons (Fsp3) is 0.300. The maximum Gasteiger partial charge on any atom is 0.114 e. The van der Waals surface area contributed by atoms with Crippen molar-refractivity contribution in [2.24, 2.45) is 5.73 Å². The van der Waals surface area contributed by atoms with Crippen LogP contribution in [0.2, 0.25) is 0 Å². The van der Waals surface area contributed by atoms with E-state index in [9.17, 15) is 0 Å². The fourth-order valence-electron chi connectivity index (χ4n) is 1.36. The van der Waals surface area contributed by atoms with E-state index < -0.39 is 0 Å². The van der Waals surface area contributed by atoms with E-state index in [-0.39, 0.29) is 5.92 Å². The monoisotopic (exact) mass is 208 g/mol. The summed E-state index contributed by atoms with van der Waals surface area (Å²) in [5.74, 6) is 0.991. The Morgan fingerprint density at radius 1 is 1.64 bits per heavy atom. The maximum atomic E-state index is 5.71. The number of furan rings is 1. The van der Waals surface area contributed by atoms with Crippen molar-refractivity contribution in [3.8, 4) is 0 Å². The number of hydrogen-bond acceptors (Lipinski definition) is 4. The molecule has 0 spiro atoms. The van der Waals surface area contributed by atoms with Gasteiger partial charge in [-0.25, -0.2) is 4.98 Å². The lowest BCUT2D eigenvalue weighted by Crippen LogP contribution is -2.12. The van der Waals surface area contributed by atoms with Crippen molar-refractivity contribution in [1.82, 2.24) is 4.98 Å². The van der Waals surface area contributed by atoms with Crippen LogP contribution in [-0.4, -0.2) is 11.5 Å². The number of thiazole rings is 1. The average Bonchev–Trinajstić information content (AvgIpc) is 2.79. The molecule has 0 bridgehead atoms. The smallest absolute Gasteiger partial charge is 0.114 e. The van der Waals surface area contributed by atoms with Gasteiger partial charge < -0.3 is 10.2 Å². The van der Waals surface area contributed by atoms with E-state index in [0.717, 1.165) is 16.5 Å². The molecule has 2 aromatic rings. The predicted molar refractivity (Wildman–Crippen MR) is 56.5 cm³/mol. The highest BCUT2D eigenvalue weighted by molar-refractivity contribution is 7.09. The van der Waals surface area contributed by atoms with Crippen LogP contribution in [0.3, 0.4) is 0 Å². The average molecular weight is 208 g/mol. The molecule has 1 atom stereocenters. The van der Waals surface area contributed by atoms with Gasteiger partial charge >= 0.3 is 0 Å². The van der Waals surface area contributed by atoms with Crippen molar-refractivity contribution in [1.29, 1.82) is 0 Å². The first-order chi connectivity index (χ1) is 6.81.